The van der Waals surface area contributed by atoms with Crippen LogP contribution in [0, 0.1) is 11.8 Å². The molecule has 0 saturated heterocycles. The van der Waals surface area contributed by atoms with Crippen molar-refractivity contribution in [2.75, 3.05) is 0 Å². The van der Waals surface area contributed by atoms with Gasteiger partial charge in [0.25, 0.3) is 0 Å². The molecule has 2 nitrogen and oxygen atoms in total. The quantitative estimate of drug-likeness (QED) is 0.655. The van der Waals surface area contributed by atoms with Gasteiger partial charge in [0.1, 0.15) is 0 Å². The van der Waals surface area contributed by atoms with Gasteiger partial charge in [0.2, 0.25) is 0 Å². The fourth-order valence-electron chi connectivity index (χ4n) is 2.30. The van der Waals surface area contributed by atoms with Crippen LogP contribution in [0.3, 0.4) is 0 Å². The lowest BCUT2D eigenvalue weighted by Crippen LogP contribution is -2.29. The molecular formula is C13H28O2. The van der Waals surface area contributed by atoms with E-state index in [0.29, 0.717) is 18.3 Å². The molecule has 0 radical (unpaired) electrons. The maximum atomic E-state index is 9.96. The first-order valence-corrected chi connectivity index (χ1v) is 6.46. The Morgan fingerprint density at radius 1 is 0.667 bits per heavy atom. The summed E-state index contributed by atoms with van der Waals surface area (Å²) in [5.41, 5.74) is 0. The van der Waals surface area contributed by atoms with Gasteiger partial charge < -0.3 is 10.2 Å². The highest BCUT2D eigenvalue weighted by Crippen LogP contribution is 2.22. The van der Waals surface area contributed by atoms with Crippen molar-refractivity contribution in [3.8, 4) is 0 Å². The lowest BCUT2D eigenvalue weighted by atomic mass is 9.87. The molecule has 2 atom stereocenters. The van der Waals surface area contributed by atoms with Gasteiger partial charge in [0.05, 0.1) is 12.2 Å². The zero-order valence-electron chi connectivity index (χ0n) is 10.7. The van der Waals surface area contributed by atoms with E-state index in [1.165, 1.54) is 0 Å². The van der Waals surface area contributed by atoms with Gasteiger partial charge in [-0.05, 0) is 18.3 Å². The summed E-state index contributed by atoms with van der Waals surface area (Å²) < 4.78 is 0. The fourth-order valence-corrected chi connectivity index (χ4v) is 2.30. The Bertz CT molecular complexity index is 123. The van der Waals surface area contributed by atoms with Crippen LogP contribution in [0.1, 0.15) is 59.8 Å². The molecule has 0 rings (SSSR count). The van der Waals surface area contributed by atoms with Gasteiger partial charge in [-0.2, -0.15) is 0 Å². The molecule has 0 spiro atoms. The zero-order chi connectivity index (χ0) is 11.8. The molecule has 92 valence electrons. The van der Waals surface area contributed by atoms with Crippen LogP contribution in [-0.2, 0) is 0 Å². The average molecular weight is 216 g/mol. The van der Waals surface area contributed by atoms with Crippen LogP contribution in [0.2, 0.25) is 0 Å². The largest absolute Gasteiger partial charge is 0.393 e. The van der Waals surface area contributed by atoms with E-state index < -0.39 is 0 Å². The smallest absolute Gasteiger partial charge is 0.0592 e. The van der Waals surface area contributed by atoms with Crippen molar-refractivity contribution in [1.29, 1.82) is 0 Å². The van der Waals surface area contributed by atoms with Gasteiger partial charge in [-0.15, -0.1) is 0 Å². The van der Waals surface area contributed by atoms with Gasteiger partial charge in [-0.25, -0.2) is 0 Å². The monoisotopic (exact) mass is 216 g/mol. The first-order chi connectivity index (χ1) is 7.10. The molecule has 0 aliphatic carbocycles. The molecule has 0 heterocycles. The minimum Gasteiger partial charge on any atom is -0.393 e. The number of hydrogen-bond acceptors (Lipinski definition) is 2. The minimum atomic E-state index is -0.337. The van der Waals surface area contributed by atoms with Crippen molar-refractivity contribution >= 4 is 0 Å². The van der Waals surface area contributed by atoms with Crippen molar-refractivity contribution in [1.82, 2.24) is 0 Å². The predicted molar refractivity (Wildman–Crippen MR) is 64.8 cm³/mol. The number of aliphatic hydroxyl groups excluding tert-OH is 2. The van der Waals surface area contributed by atoms with E-state index in [0.717, 1.165) is 25.7 Å². The third kappa shape index (κ3) is 4.98. The van der Waals surface area contributed by atoms with E-state index in [1.807, 2.05) is 0 Å². The summed E-state index contributed by atoms with van der Waals surface area (Å²) >= 11 is 0. The second-order valence-electron chi connectivity index (χ2n) is 4.52. The van der Waals surface area contributed by atoms with Crippen LogP contribution in [0.5, 0.6) is 0 Å². The van der Waals surface area contributed by atoms with E-state index >= 15 is 0 Å². The van der Waals surface area contributed by atoms with Crippen LogP contribution >= 0.6 is 0 Å². The highest BCUT2D eigenvalue weighted by Gasteiger charge is 2.23. The fraction of sp³-hybridized carbons (Fsp3) is 1.00. The Kier molecular flexibility index (Phi) is 8.07. The topological polar surface area (TPSA) is 40.5 Å². The van der Waals surface area contributed by atoms with E-state index in [4.69, 9.17) is 0 Å². The third-order valence-corrected chi connectivity index (χ3v) is 3.67. The molecule has 0 aromatic rings. The van der Waals surface area contributed by atoms with E-state index in [9.17, 15) is 10.2 Å². The molecule has 2 heteroatoms. The average Bonchev–Trinajstić information content (AvgIpc) is 2.21. The van der Waals surface area contributed by atoms with Crippen LogP contribution in [0.25, 0.3) is 0 Å². The van der Waals surface area contributed by atoms with Crippen LogP contribution < -0.4 is 0 Å². The van der Waals surface area contributed by atoms with E-state index in [2.05, 4.69) is 27.7 Å². The summed E-state index contributed by atoms with van der Waals surface area (Å²) in [4.78, 5) is 0. The molecule has 0 aromatic carbocycles. The molecule has 0 amide bonds. The summed E-state index contributed by atoms with van der Waals surface area (Å²) in [6.07, 6.45) is 3.84. The van der Waals surface area contributed by atoms with Gasteiger partial charge in [-0.1, -0.05) is 53.4 Å². The van der Waals surface area contributed by atoms with Gasteiger partial charge in [0, 0.05) is 0 Å². The summed E-state index contributed by atoms with van der Waals surface area (Å²) in [7, 11) is 0. The maximum absolute atomic E-state index is 9.96. The van der Waals surface area contributed by atoms with Gasteiger partial charge >= 0.3 is 0 Å². The highest BCUT2D eigenvalue weighted by atomic mass is 16.3. The number of hydrogen-bond donors (Lipinski definition) is 2. The normalized spacial score (nSPS) is 16.0. The van der Waals surface area contributed by atoms with Crippen LogP contribution in [-0.4, -0.2) is 22.4 Å². The van der Waals surface area contributed by atoms with Gasteiger partial charge in [0.15, 0.2) is 0 Å². The first-order valence-electron chi connectivity index (χ1n) is 6.46. The minimum absolute atomic E-state index is 0.337. The Hall–Kier alpha value is -0.0800. The van der Waals surface area contributed by atoms with E-state index in [-0.39, 0.29) is 12.2 Å². The van der Waals surface area contributed by atoms with Crippen molar-refractivity contribution in [2.24, 2.45) is 11.8 Å². The standard InChI is InChI=1S/C13H28O2/c1-5-10(6-2)12(14)9-13(15)11(7-3)8-4/h10-15H,5-9H2,1-4H3/t12-,13+. The van der Waals surface area contributed by atoms with Crippen LogP contribution in [0.4, 0.5) is 0 Å². The Labute approximate surface area is 94.7 Å². The molecule has 0 aliphatic rings. The third-order valence-electron chi connectivity index (χ3n) is 3.67. The van der Waals surface area contributed by atoms with Gasteiger partial charge in [-0.3, -0.25) is 0 Å². The predicted octanol–water partition coefficient (Wildman–Crippen LogP) is 2.97. The molecule has 0 aromatic heterocycles. The molecule has 0 unspecified atom stereocenters. The van der Waals surface area contributed by atoms with Crippen molar-refractivity contribution in [2.45, 2.75) is 72.0 Å². The summed E-state index contributed by atoms with van der Waals surface area (Å²) in [6.45, 7) is 8.39. The highest BCUT2D eigenvalue weighted by molar-refractivity contribution is 4.74. The maximum Gasteiger partial charge on any atom is 0.0592 e. The summed E-state index contributed by atoms with van der Waals surface area (Å²) in [6, 6.07) is 0. The SMILES string of the molecule is CCC(CC)[C@H](O)C[C@H](O)C(CC)CC. The lowest BCUT2D eigenvalue weighted by molar-refractivity contribution is 0.0136. The van der Waals surface area contributed by atoms with Crippen molar-refractivity contribution in [3.63, 3.8) is 0 Å². The molecule has 0 fully saturated rings. The number of rotatable bonds is 8. The molecule has 0 aliphatic heterocycles. The van der Waals surface area contributed by atoms with Crippen LogP contribution in [0.15, 0.2) is 0 Å². The molecule has 2 N–H and O–H groups in total. The second-order valence-corrected chi connectivity index (χ2v) is 4.52. The zero-order valence-corrected chi connectivity index (χ0v) is 10.7. The Balaban J connectivity index is 4.08. The Morgan fingerprint density at radius 3 is 1.13 bits per heavy atom. The Morgan fingerprint density at radius 2 is 0.933 bits per heavy atom. The molecule has 0 saturated carbocycles. The summed E-state index contributed by atoms with van der Waals surface area (Å²) in [5.74, 6) is 0.683. The van der Waals surface area contributed by atoms with E-state index in [1.54, 1.807) is 0 Å². The molecule has 0 bridgehead atoms. The van der Waals surface area contributed by atoms with Crippen molar-refractivity contribution < 1.29 is 10.2 Å². The summed E-state index contributed by atoms with van der Waals surface area (Å²) in [5, 5.41) is 19.9. The van der Waals surface area contributed by atoms with Crippen molar-refractivity contribution in [3.05, 3.63) is 0 Å². The lowest BCUT2D eigenvalue weighted by Gasteiger charge is -2.26. The molecule has 15 heavy (non-hydrogen) atoms. The number of aliphatic hydroxyl groups is 2. The second kappa shape index (κ2) is 8.12. The molecular weight excluding hydrogens is 188 g/mol. The first kappa shape index (κ1) is 14.9.